The van der Waals surface area contributed by atoms with Crippen molar-refractivity contribution >= 4 is 0 Å². The third-order valence-corrected chi connectivity index (χ3v) is 4.11. The van der Waals surface area contributed by atoms with E-state index >= 15 is 0 Å². The molecule has 0 amide bonds. The Morgan fingerprint density at radius 2 is 1.80 bits per heavy atom. The third kappa shape index (κ3) is 4.51. The lowest BCUT2D eigenvalue weighted by Crippen LogP contribution is -2.18. The third-order valence-electron chi connectivity index (χ3n) is 4.11. The number of nitrogens with zero attached hydrogens (tertiary/aromatic N) is 4. The van der Waals surface area contributed by atoms with E-state index in [2.05, 4.69) is 52.1 Å². The highest BCUT2D eigenvalue weighted by Crippen LogP contribution is 2.20. The minimum atomic E-state index is 0.513. The maximum Gasteiger partial charge on any atom is 0.241 e. The number of aryl methyl sites for hydroxylation is 1. The molecule has 0 fully saturated rings. The van der Waals surface area contributed by atoms with Gasteiger partial charge in [0.15, 0.2) is 0 Å². The number of rotatable bonds is 6. The molecule has 0 aliphatic heterocycles. The zero-order valence-electron chi connectivity index (χ0n) is 15.2. The molecule has 0 aliphatic rings. The predicted molar refractivity (Wildman–Crippen MR) is 98.0 cm³/mol. The van der Waals surface area contributed by atoms with Crippen LogP contribution in [0.4, 0.5) is 0 Å². The van der Waals surface area contributed by atoms with Crippen molar-refractivity contribution in [2.24, 2.45) is 0 Å². The Kier molecular flexibility index (Phi) is 5.24. The van der Waals surface area contributed by atoms with Crippen molar-refractivity contribution in [3.8, 4) is 11.4 Å². The summed E-state index contributed by atoms with van der Waals surface area (Å²) in [5, 5.41) is 4.10. The van der Waals surface area contributed by atoms with Gasteiger partial charge in [-0.25, -0.2) is 0 Å². The largest absolute Gasteiger partial charge is 0.338 e. The molecule has 0 spiro atoms. The average molecular weight is 336 g/mol. The number of benzene rings is 1. The van der Waals surface area contributed by atoms with Crippen molar-refractivity contribution < 1.29 is 4.52 Å². The van der Waals surface area contributed by atoms with E-state index in [1.807, 2.05) is 38.4 Å². The highest BCUT2D eigenvalue weighted by atomic mass is 16.5. The Hall–Kier alpha value is -2.53. The van der Waals surface area contributed by atoms with Crippen molar-refractivity contribution in [2.45, 2.75) is 39.8 Å². The Labute approximate surface area is 148 Å². The Bertz CT molecular complexity index is 806. The molecule has 5 heteroatoms. The highest BCUT2D eigenvalue weighted by molar-refractivity contribution is 5.54. The van der Waals surface area contributed by atoms with Crippen LogP contribution in [0.5, 0.6) is 0 Å². The van der Waals surface area contributed by atoms with Crippen LogP contribution in [0.3, 0.4) is 0 Å². The summed E-state index contributed by atoms with van der Waals surface area (Å²) in [5.41, 5.74) is 4.47. The molecular weight excluding hydrogens is 312 g/mol. The van der Waals surface area contributed by atoms with E-state index in [1.165, 1.54) is 5.56 Å². The summed E-state index contributed by atoms with van der Waals surface area (Å²) in [6.07, 6.45) is 1.88. The molecule has 0 atom stereocenters. The van der Waals surface area contributed by atoms with E-state index in [4.69, 9.17) is 4.52 Å². The zero-order valence-corrected chi connectivity index (χ0v) is 15.2. The molecule has 5 nitrogen and oxygen atoms in total. The number of aromatic nitrogens is 3. The summed E-state index contributed by atoms with van der Waals surface area (Å²) in [4.78, 5) is 11.0. The van der Waals surface area contributed by atoms with Gasteiger partial charge in [0, 0.05) is 18.3 Å². The van der Waals surface area contributed by atoms with Gasteiger partial charge >= 0.3 is 0 Å². The van der Waals surface area contributed by atoms with Crippen molar-refractivity contribution in [1.29, 1.82) is 0 Å². The summed E-state index contributed by atoms with van der Waals surface area (Å²) in [6.45, 7) is 7.72. The fourth-order valence-electron chi connectivity index (χ4n) is 2.61. The van der Waals surface area contributed by atoms with Gasteiger partial charge in [-0.05, 0) is 37.1 Å². The maximum atomic E-state index is 5.40. The van der Waals surface area contributed by atoms with Gasteiger partial charge in [0.25, 0.3) is 0 Å². The van der Waals surface area contributed by atoms with Gasteiger partial charge in [-0.15, -0.1) is 0 Å². The minimum Gasteiger partial charge on any atom is -0.338 e. The first-order chi connectivity index (χ1) is 12.0. The predicted octanol–water partition coefficient (Wildman–Crippen LogP) is 4.20. The van der Waals surface area contributed by atoms with E-state index < -0.39 is 0 Å². The quantitative estimate of drug-likeness (QED) is 0.675. The van der Waals surface area contributed by atoms with Crippen LogP contribution in [0.25, 0.3) is 11.4 Å². The molecule has 3 aromatic rings. The van der Waals surface area contributed by atoms with E-state index in [-0.39, 0.29) is 0 Å². The molecule has 0 bridgehead atoms. The first kappa shape index (κ1) is 17.3. The standard InChI is InChI=1S/C20H24N4O/c1-14(2)16-6-8-17(9-7-16)20-22-19(25-23-20)13-24(4)12-18-10-5-15(3)11-21-18/h5-11,14H,12-13H2,1-4H3. The minimum absolute atomic E-state index is 0.513. The molecule has 0 N–H and O–H groups in total. The van der Waals surface area contributed by atoms with Crippen LogP contribution in [0.2, 0.25) is 0 Å². The first-order valence-electron chi connectivity index (χ1n) is 8.54. The summed E-state index contributed by atoms with van der Waals surface area (Å²) in [6, 6.07) is 12.4. The van der Waals surface area contributed by atoms with Crippen molar-refractivity contribution in [2.75, 3.05) is 7.05 Å². The smallest absolute Gasteiger partial charge is 0.241 e. The van der Waals surface area contributed by atoms with E-state index in [1.54, 1.807) is 0 Å². The van der Waals surface area contributed by atoms with Crippen LogP contribution in [0.1, 0.15) is 42.5 Å². The molecule has 3 rings (SSSR count). The first-order valence-corrected chi connectivity index (χ1v) is 8.54. The van der Waals surface area contributed by atoms with Crippen LogP contribution >= 0.6 is 0 Å². The molecule has 25 heavy (non-hydrogen) atoms. The molecule has 0 unspecified atom stereocenters. The van der Waals surface area contributed by atoms with Gasteiger partial charge < -0.3 is 4.52 Å². The maximum absolute atomic E-state index is 5.40. The molecule has 130 valence electrons. The molecule has 0 aliphatic carbocycles. The van der Waals surface area contributed by atoms with Gasteiger partial charge in [0.05, 0.1) is 12.2 Å². The van der Waals surface area contributed by atoms with Crippen molar-refractivity contribution in [3.05, 3.63) is 65.3 Å². The van der Waals surface area contributed by atoms with Gasteiger partial charge in [-0.3, -0.25) is 9.88 Å². The zero-order chi connectivity index (χ0) is 17.8. The monoisotopic (exact) mass is 336 g/mol. The summed E-state index contributed by atoms with van der Waals surface area (Å²) < 4.78 is 5.40. The topological polar surface area (TPSA) is 55.1 Å². The summed E-state index contributed by atoms with van der Waals surface area (Å²) >= 11 is 0. The second-order valence-electron chi connectivity index (χ2n) is 6.79. The molecule has 2 aromatic heterocycles. The van der Waals surface area contributed by atoms with Crippen LogP contribution < -0.4 is 0 Å². The lowest BCUT2D eigenvalue weighted by Gasteiger charge is -2.13. The highest BCUT2D eigenvalue weighted by Gasteiger charge is 2.12. The number of hydrogen-bond donors (Lipinski definition) is 0. The molecule has 0 saturated heterocycles. The van der Waals surface area contributed by atoms with E-state index in [0.29, 0.717) is 24.2 Å². The molecule has 0 radical (unpaired) electrons. The Morgan fingerprint density at radius 1 is 1.04 bits per heavy atom. The second kappa shape index (κ2) is 7.57. The Balaban J connectivity index is 1.63. The van der Waals surface area contributed by atoms with Gasteiger partial charge in [-0.2, -0.15) is 4.98 Å². The lowest BCUT2D eigenvalue weighted by molar-refractivity contribution is 0.258. The van der Waals surface area contributed by atoms with Gasteiger partial charge in [0.1, 0.15) is 0 Å². The molecule has 2 heterocycles. The molecule has 1 aromatic carbocycles. The van der Waals surface area contributed by atoms with E-state index in [9.17, 15) is 0 Å². The van der Waals surface area contributed by atoms with Crippen LogP contribution in [-0.4, -0.2) is 27.1 Å². The SMILES string of the molecule is Cc1ccc(CN(C)Cc2nc(-c3ccc(C(C)C)cc3)no2)nc1. The van der Waals surface area contributed by atoms with Crippen LogP contribution in [0, 0.1) is 6.92 Å². The van der Waals surface area contributed by atoms with Crippen LogP contribution in [0.15, 0.2) is 47.1 Å². The fourth-order valence-corrected chi connectivity index (χ4v) is 2.61. The van der Waals surface area contributed by atoms with Crippen molar-refractivity contribution in [1.82, 2.24) is 20.0 Å². The van der Waals surface area contributed by atoms with Crippen molar-refractivity contribution in [3.63, 3.8) is 0 Å². The van der Waals surface area contributed by atoms with Gasteiger partial charge in [0.2, 0.25) is 11.7 Å². The average Bonchev–Trinajstić information content (AvgIpc) is 3.05. The number of pyridine rings is 1. The fraction of sp³-hybridized carbons (Fsp3) is 0.350. The summed E-state index contributed by atoms with van der Waals surface area (Å²) in [7, 11) is 2.02. The summed E-state index contributed by atoms with van der Waals surface area (Å²) in [5.74, 6) is 1.75. The van der Waals surface area contributed by atoms with Crippen LogP contribution in [-0.2, 0) is 13.1 Å². The Morgan fingerprint density at radius 3 is 2.44 bits per heavy atom. The lowest BCUT2D eigenvalue weighted by atomic mass is 10.0. The number of hydrogen-bond acceptors (Lipinski definition) is 5. The van der Waals surface area contributed by atoms with E-state index in [0.717, 1.165) is 23.4 Å². The molecule has 0 saturated carbocycles. The van der Waals surface area contributed by atoms with Gasteiger partial charge in [-0.1, -0.05) is 49.3 Å². The second-order valence-corrected chi connectivity index (χ2v) is 6.79. The normalized spacial score (nSPS) is 11.4. The molecular formula is C20H24N4O.